The van der Waals surface area contributed by atoms with Crippen molar-refractivity contribution in [3.05, 3.63) is 30.4 Å². The lowest BCUT2D eigenvalue weighted by Crippen LogP contribution is -1.87. The van der Waals surface area contributed by atoms with E-state index in [0.29, 0.717) is 0 Å². The van der Waals surface area contributed by atoms with Gasteiger partial charge in [0, 0.05) is 4.90 Å². The summed E-state index contributed by atoms with van der Waals surface area (Å²) < 4.78 is 5.05. The largest absolute Gasteiger partial charge is 0.497 e. The zero-order chi connectivity index (χ0) is 8.97. The molecule has 0 spiro atoms. The van der Waals surface area contributed by atoms with E-state index in [0.717, 1.165) is 22.8 Å². The van der Waals surface area contributed by atoms with Gasteiger partial charge in [0.1, 0.15) is 12.4 Å². The van der Waals surface area contributed by atoms with Crippen LogP contribution in [0, 0.1) is 6.61 Å². The second kappa shape index (κ2) is 4.38. The van der Waals surface area contributed by atoms with Crippen molar-refractivity contribution in [1.82, 2.24) is 0 Å². The quantitative estimate of drug-likeness (QED) is 0.729. The average Bonchev–Trinajstić information content (AvgIpc) is 2.16. The van der Waals surface area contributed by atoms with Crippen molar-refractivity contribution in [2.75, 3.05) is 13.4 Å². The number of rotatable bonds is 3. The monoisotopic (exact) mass is 183 g/mol. The van der Waals surface area contributed by atoms with Crippen LogP contribution < -0.4 is 4.74 Å². The van der Waals surface area contributed by atoms with Gasteiger partial charge in [-0.2, -0.15) is 0 Å². The van der Waals surface area contributed by atoms with E-state index >= 15 is 0 Å². The van der Waals surface area contributed by atoms with Crippen LogP contribution in [0.15, 0.2) is 23.1 Å². The normalized spacial score (nSPS) is 9.92. The molecule has 0 unspecified atom stereocenters. The molecule has 1 aromatic carbocycles. The number of hydrogen-bond acceptors (Lipinski definition) is 3. The van der Waals surface area contributed by atoms with Crippen molar-refractivity contribution in [1.29, 1.82) is 0 Å². The van der Waals surface area contributed by atoms with Crippen LogP contribution in [0.2, 0.25) is 0 Å². The molecular weight excluding hydrogens is 172 g/mol. The van der Waals surface area contributed by atoms with E-state index in [4.69, 9.17) is 9.84 Å². The summed E-state index contributed by atoms with van der Waals surface area (Å²) in [7, 11) is 1.61. The first kappa shape index (κ1) is 9.42. The molecule has 0 amide bonds. The maximum absolute atomic E-state index is 8.79. The predicted molar refractivity (Wildman–Crippen MR) is 50.1 cm³/mol. The maximum Gasteiger partial charge on any atom is 0.120 e. The molecule has 0 saturated heterocycles. The van der Waals surface area contributed by atoms with E-state index in [1.165, 1.54) is 0 Å². The average molecular weight is 183 g/mol. The molecule has 12 heavy (non-hydrogen) atoms. The molecule has 0 aliphatic heterocycles. The number of ether oxygens (including phenoxy) is 1. The van der Waals surface area contributed by atoms with Gasteiger partial charge in [0.2, 0.25) is 0 Å². The molecule has 0 aliphatic rings. The molecule has 0 saturated carbocycles. The van der Waals surface area contributed by atoms with Gasteiger partial charge in [0.15, 0.2) is 0 Å². The molecule has 65 valence electrons. The lowest BCUT2D eigenvalue weighted by atomic mass is 10.2. The highest BCUT2D eigenvalue weighted by Gasteiger charge is 1.99. The highest BCUT2D eigenvalue weighted by molar-refractivity contribution is 7.98. The van der Waals surface area contributed by atoms with Crippen LogP contribution in [-0.2, 0) is 0 Å². The highest BCUT2D eigenvalue weighted by atomic mass is 32.2. The molecule has 0 fully saturated rings. The van der Waals surface area contributed by atoms with Gasteiger partial charge < -0.3 is 9.84 Å². The van der Waals surface area contributed by atoms with Crippen molar-refractivity contribution in [3.63, 3.8) is 0 Å². The molecule has 0 atom stereocenters. The molecule has 2 nitrogen and oxygen atoms in total. The van der Waals surface area contributed by atoms with Gasteiger partial charge in [-0.1, -0.05) is 0 Å². The van der Waals surface area contributed by atoms with Gasteiger partial charge in [-0.25, -0.2) is 0 Å². The Balaban J connectivity index is 3.01. The number of aliphatic hydroxyl groups is 1. The van der Waals surface area contributed by atoms with Crippen LogP contribution in [0.1, 0.15) is 5.56 Å². The fourth-order valence-electron chi connectivity index (χ4n) is 0.904. The maximum atomic E-state index is 8.79. The minimum Gasteiger partial charge on any atom is -0.497 e. The molecular formula is C9H11O2S. The van der Waals surface area contributed by atoms with E-state index < -0.39 is 0 Å². The van der Waals surface area contributed by atoms with Gasteiger partial charge >= 0.3 is 0 Å². The lowest BCUT2D eigenvalue weighted by Gasteiger charge is -2.04. The van der Waals surface area contributed by atoms with Crippen molar-refractivity contribution >= 4 is 11.8 Å². The smallest absolute Gasteiger partial charge is 0.120 e. The van der Waals surface area contributed by atoms with Crippen LogP contribution in [0.25, 0.3) is 0 Å². The third-order valence-corrected chi connectivity index (χ3v) is 2.23. The first-order chi connectivity index (χ1) is 5.80. The Labute approximate surface area is 76.6 Å². The standard InChI is InChI=1S/C9H11O2S/c1-11-8-3-7(6-10)4-9(5-8)12-2/h3-6,10H,1-2H3. The topological polar surface area (TPSA) is 29.5 Å². The van der Waals surface area contributed by atoms with Gasteiger partial charge in [-0.3, -0.25) is 0 Å². The Morgan fingerprint density at radius 3 is 2.67 bits per heavy atom. The van der Waals surface area contributed by atoms with Gasteiger partial charge in [0.05, 0.1) is 7.11 Å². The summed E-state index contributed by atoms with van der Waals surface area (Å²) in [5.41, 5.74) is 0.763. The van der Waals surface area contributed by atoms with E-state index in [9.17, 15) is 0 Å². The Bertz CT molecular complexity index is 205. The van der Waals surface area contributed by atoms with Crippen LogP contribution in [0.4, 0.5) is 0 Å². The fourth-order valence-corrected chi connectivity index (χ4v) is 1.39. The molecule has 1 rings (SSSR count). The first-order valence-electron chi connectivity index (χ1n) is 3.50. The number of aliphatic hydroxyl groups excluding tert-OH is 1. The van der Waals surface area contributed by atoms with Crippen molar-refractivity contribution in [3.8, 4) is 5.75 Å². The van der Waals surface area contributed by atoms with Crippen molar-refractivity contribution in [2.45, 2.75) is 4.90 Å². The molecule has 0 aromatic heterocycles. The minimum atomic E-state index is 0.763. The molecule has 3 heteroatoms. The second-order valence-corrected chi connectivity index (χ2v) is 3.15. The minimum absolute atomic E-state index is 0.763. The summed E-state index contributed by atoms with van der Waals surface area (Å²) in [6.45, 7) is 1.07. The van der Waals surface area contributed by atoms with Crippen molar-refractivity contribution < 1.29 is 9.84 Å². The van der Waals surface area contributed by atoms with E-state index in [1.54, 1.807) is 24.9 Å². The van der Waals surface area contributed by atoms with Crippen LogP contribution >= 0.6 is 11.8 Å². The molecule has 0 heterocycles. The van der Waals surface area contributed by atoms with Gasteiger partial charge in [-0.05, 0) is 30.0 Å². The zero-order valence-electron chi connectivity index (χ0n) is 7.07. The van der Waals surface area contributed by atoms with Crippen LogP contribution in [0.5, 0.6) is 5.75 Å². The van der Waals surface area contributed by atoms with E-state index in [-0.39, 0.29) is 0 Å². The zero-order valence-corrected chi connectivity index (χ0v) is 7.89. The van der Waals surface area contributed by atoms with Crippen molar-refractivity contribution in [2.24, 2.45) is 0 Å². The Morgan fingerprint density at radius 2 is 2.17 bits per heavy atom. The number of thioether (sulfide) groups is 1. The summed E-state index contributed by atoms with van der Waals surface area (Å²) in [6, 6.07) is 5.60. The van der Waals surface area contributed by atoms with Crippen LogP contribution in [-0.4, -0.2) is 18.5 Å². The van der Waals surface area contributed by atoms with Gasteiger partial charge in [0.25, 0.3) is 0 Å². The fraction of sp³-hybridized carbons (Fsp3) is 0.222. The number of hydrogen-bond donors (Lipinski definition) is 1. The summed E-state index contributed by atoms with van der Waals surface area (Å²) in [6.07, 6.45) is 1.98. The Hall–Kier alpha value is -0.670. The third kappa shape index (κ3) is 2.16. The van der Waals surface area contributed by atoms with Gasteiger partial charge in [-0.15, -0.1) is 11.8 Å². The molecule has 1 radical (unpaired) electrons. The van der Waals surface area contributed by atoms with E-state index in [1.807, 2.05) is 18.4 Å². The molecule has 1 N–H and O–H groups in total. The summed E-state index contributed by atoms with van der Waals surface area (Å²) >= 11 is 1.62. The third-order valence-electron chi connectivity index (χ3n) is 1.52. The summed E-state index contributed by atoms with van der Waals surface area (Å²) in [5, 5.41) is 8.79. The summed E-state index contributed by atoms with van der Waals surface area (Å²) in [4.78, 5) is 1.08. The Kier molecular flexibility index (Phi) is 3.44. The molecule has 0 bridgehead atoms. The number of benzene rings is 1. The lowest BCUT2D eigenvalue weighted by molar-refractivity contribution is 0.403. The predicted octanol–water partition coefficient (Wildman–Crippen LogP) is 2.30. The second-order valence-electron chi connectivity index (χ2n) is 2.28. The molecule has 0 aliphatic carbocycles. The Morgan fingerprint density at radius 1 is 1.42 bits per heavy atom. The SMILES string of the molecule is COc1cc([CH]O)cc(SC)c1. The number of methoxy groups -OCH3 is 1. The van der Waals surface area contributed by atoms with E-state index in [2.05, 4.69) is 0 Å². The van der Waals surface area contributed by atoms with Crippen LogP contribution in [0.3, 0.4) is 0 Å². The highest BCUT2D eigenvalue weighted by Crippen LogP contribution is 2.23. The summed E-state index contributed by atoms with van der Waals surface area (Å²) in [5.74, 6) is 0.766. The first-order valence-corrected chi connectivity index (χ1v) is 4.73. The molecule has 1 aromatic rings.